The van der Waals surface area contributed by atoms with E-state index >= 15 is 0 Å². The molecule has 1 aromatic carbocycles. The number of benzene rings is 1. The zero-order valence-corrected chi connectivity index (χ0v) is 13.3. The Morgan fingerprint density at radius 2 is 1.96 bits per heavy atom. The third-order valence-corrected chi connectivity index (χ3v) is 4.40. The van der Waals surface area contributed by atoms with Gasteiger partial charge in [0.15, 0.2) is 5.82 Å². The van der Waals surface area contributed by atoms with Gasteiger partial charge in [-0.15, -0.1) is 5.10 Å². The fourth-order valence-electron chi connectivity index (χ4n) is 3.00. The van der Waals surface area contributed by atoms with E-state index in [9.17, 15) is 4.79 Å². The summed E-state index contributed by atoms with van der Waals surface area (Å²) >= 11 is 0. The van der Waals surface area contributed by atoms with Crippen molar-refractivity contribution in [3.63, 3.8) is 0 Å². The Bertz CT molecular complexity index is 662. The SMILES string of the molecule is CC(c1ccccc1)n1nnc(C(=O)OC2CCCCC2)c1N. The van der Waals surface area contributed by atoms with E-state index in [0.717, 1.165) is 31.2 Å². The van der Waals surface area contributed by atoms with E-state index in [1.807, 2.05) is 37.3 Å². The summed E-state index contributed by atoms with van der Waals surface area (Å²) in [5, 5.41) is 7.99. The highest BCUT2D eigenvalue weighted by Gasteiger charge is 2.25. The molecule has 1 aromatic heterocycles. The largest absolute Gasteiger partial charge is 0.458 e. The van der Waals surface area contributed by atoms with Crippen LogP contribution in [0.4, 0.5) is 5.82 Å². The first-order chi connectivity index (χ1) is 11.2. The lowest BCUT2D eigenvalue weighted by molar-refractivity contribution is 0.0205. The van der Waals surface area contributed by atoms with Crippen LogP contribution in [0.25, 0.3) is 0 Å². The zero-order chi connectivity index (χ0) is 16.2. The zero-order valence-electron chi connectivity index (χ0n) is 13.3. The molecule has 1 saturated carbocycles. The van der Waals surface area contributed by atoms with Crippen molar-refractivity contribution in [2.45, 2.75) is 51.2 Å². The lowest BCUT2D eigenvalue weighted by Gasteiger charge is -2.21. The van der Waals surface area contributed by atoms with Crippen LogP contribution in [0, 0.1) is 0 Å². The van der Waals surface area contributed by atoms with Gasteiger partial charge in [0.1, 0.15) is 6.10 Å². The molecule has 0 radical (unpaired) electrons. The highest BCUT2D eigenvalue weighted by Crippen LogP contribution is 2.24. The molecule has 23 heavy (non-hydrogen) atoms. The van der Waals surface area contributed by atoms with Gasteiger partial charge in [0.25, 0.3) is 0 Å². The number of carbonyl (C=O) groups is 1. The molecule has 3 rings (SSSR count). The lowest BCUT2D eigenvalue weighted by atomic mass is 9.98. The molecule has 1 unspecified atom stereocenters. The quantitative estimate of drug-likeness (QED) is 0.877. The molecule has 6 heteroatoms. The van der Waals surface area contributed by atoms with Gasteiger partial charge in [-0.25, -0.2) is 9.48 Å². The van der Waals surface area contributed by atoms with E-state index in [1.54, 1.807) is 4.68 Å². The number of nitrogen functional groups attached to an aromatic ring is 1. The van der Waals surface area contributed by atoms with Crippen LogP contribution in [-0.2, 0) is 4.74 Å². The van der Waals surface area contributed by atoms with Crippen molar-refractivity contribution < 1.29 is 9.53 Å². The molecule has 2 N–H and O–H groups in total. The highest BCUT2D eigenvalue weighted by atomic mass is 16.5. The molecular formula is C17H22N4O2. The third-order valence-electron chi connectivity index (χ3n) is 4.40. The van der Waals surface area contributed by atoms with Crippen molar-refractivity contribution in [1.82, 2.24) is 15.0 Å². The van der Waals surface area contributed by atoms with Crippen molar-refractivity contribution >= 4 is 11.8 Å². The fourth-order valence-corrected chi connectivity index (χ4v) is 3.00. The summed E-state index contributed by atoms with van der Waals surface area (Å²) in [7, 11) is 0. The Morgan fingerprint density at radius 1 is 1.26 bits per heavy atom. The number of hydrogen-bond donors (Lipinski definition) is 1. The molecule has 0 aliphatic heterocycles. The van der Waals surface area contributed by atoms with Gasteiger partial charge in [-0.3, -0.25) is 0 Å². The standard InChI is InChI=1S/C17H22N4O2/c1-12(13-8-4-2-5-9-13)21-16(18)15(19-20-21)17(22)23-14-10-6-3-7-11-14/h2,4-5,8-9,12,14H,3,6-7,10-11,18H2,1H3. The van der Waals surface area contributed by atoms with E-state index in [-0.39, 0.29) is 23.7 Å². The number of aromatic nitrogens is 3. The molecule has 0 amide bonds. The monoisotopic (exact) mass is 314 g/mol. The summed E-state index contributed by atoms with van der Waals surface area (Å²) < 4.78 is 7.08. The van der Waals surface area contributed by atoms with Gasteiger partial charge in [0.2, 0.25) is 5.69 Å². The Kier molecular flexibility index (Phi) is 4.60. The van der Waals surface area contributed by atoms with Crippen molar-refractivity contribution in [2.24, 2.45) is 0 Å². The van der Waals surface area contributed by atoms with Crippen LogP contribution in [0.15, 0.2) is 30.3 Å². The van der Waals surface area contributed by atoms with Gasteiger partial charge in [0, 0.05) is 0 Å². The predicted octanol–water partition coefficient (Wildman–Crippen LogP) is 2.96. The minimum absolute atomic E-state index is 0.0210. The summed E-state index contributed by atoms with van der Waals surface area (Å²) in [6.07, 6.45) is 5.23. The molecule has 2 aromatic rings. The maximum absolute atomic E-state index is 12.3. The van der Waals surface area contributed by atoms with Crippen LogP contribution < -0.4 is 5.73 Å². The molecule has 0 bridgehead atoms. The minimum Gasteiger partial charge on any atom is -0.458 e. The number of hydrogen-bond acceptors (Lipinski definition) is 5. The Hall–Kier alpha value is -2.37. The first-order valence-corrected chi connectivity index (χ1v) is 8.13. The first-order valence-electron chi connectivity index (χ1n) is 8.13. The van der Waals surface area contributed by atoms with Crippen molar-refractivity contribution in [2.75, 3.05) is 5.73 Å². The number of ether oxygens (including phenoxy) is 1. The number of carbonyl (C=O) groups excluding carboxylic acids is 1. The molecule has 1 aliphatic carbocycles. The van der Waals surface area contributed by atoms with Crippen molar-refractivity contribution in [3.8, 4) is 0 Å². The number of anilines is 1. The second kappa shape index (κ2) is 6.81. The Morgan fingerprint density at radius 3 is 2.65 bits per heavy atom. The maximum Gasteiger partial charge on any atom is 0.363 e. The second-order valence-electron chi connectivity index (χ2n) is 6.02. The van der Waals surface area contributed by atoms with E-state index < -0.39 is 5.97 Å². The molecule has 0 saturated heterocycles. The van der Waals surface area contributed by atoms with Crippen LogP contribution in [0.1, 0.15) is 61.1 Å². The number of rotatable bonds is 4. The molecule has 0 spiro atoms. The van der Waals surface area contributed by atoms with Crippen LogP contribution in [-0.4, -0.2) is 27.1 Å². The maximum atomic E-state index is 12.3. The lowest BCUT2D eigenvalue weighted by Crippen LogP contribution is -2.22. The summed E-state index contributed by atoms with van der Waals surface area (Å²) in [5.74, 6) is -0.219. The third kappa shape index (κ3) is 3.36. The second-order valence-corrected chi connectivity index (χ2v) is 6.02. The average Bonchev–Trinajstić information content (AvgIpc) is 2.97. The fraction of sp³-hybridized carbons (Fsp3) is 0.471. The van der Waals surface area contributed by atoms with Gasteiger partial charge in [-0.2, -0.15) is 0 Å². The molecular weight excluding hydrogens is 292 g/mol. The first kappa shape index (κ1) is 15.5. The molecule has 6 nitrogen and oxygen atoms in total. The smallest absolute Gasteiger partial charge is 0.363 e. The Balaban J connectivity index is 1.74. The van der Waals surface area contributed by atoms with Crippen LogP contribution in [0.2, 0.25) is 0 Å². The van der Waals surface area contributed by atoms with E-state index in [2.05, 4.69) is 10.3 Å². The number of nitrogens with two attached hydrogens (primary N) is 1. The Labute approximate surface area is 135 Å². The molecule has 1 fully saturated rings. The predicted molar refractivity (Wildman–Crippen MR) is 87.0 cm³/mol. The van der Waals surface area contributed by atoms with Gasteiger partial charge >= 0.3 is 5.97 Å². The van der Waals surface area contributed by atoms with Gasteiger partial charge < -0.3 is 10.5 Å². The summed E-state index contributed by atoms with van der Waals surface area (Å²) in [4.78, 5) is 12.3. The number of esters is 1. The topological polar surface area (TPSA) is 83.0 Å². The van der Waals surface area contributed by atoms with Gasteiger partial charge in [-0.1, -0.05) is 42.0 Å². The molecule has 122 valence electrons. The summed E-state index contributed by atoms with van der Waals surface area (Å²) in [6.45, 7) is 1.97. The van der Waals surface area contributed by atoms with Crippen LogP contribution in [0.5, 0.6) is 0 Å². The summed E-state index contributed by atoms with van der Waals surface area (Å²) in [5.41, 5.74) is 7.25. The van der Waals surface area contributed by atoms with E-state index in [4.69, 9.17) is 10.5 Å². The normalized spacial score (nSPS) is 16.9. The van der Waals surface area contributed by atoms with E-state index in [0.29, 0.717) is 0 Å². The van der Waals surface area contributed by atoms with Crippen LogP contribution in [0.3, 0.4) is 0 Å². The van der Waals surface area contributed by atoms with Gasteiger partial charge in [-0.05, 0) is 38.2 Å². The molecule has 1 heterocycles. The van der Waals surface area contributed by atoms with Crippen molar-refractivity contribution in [3.05, 3.63) is 41.6 Å². The van der Waals surface area contributed by atoms with E-state index in [1.165, 1.54) is 6.42 Å². The van der Waals surface area contributed by atoms with Gasteiger partial charge in [0.05, 0.1) is 6.04 Å². The van der Waals surface area contributed by atoms with Crippen molar-refractivity contribution in [1.29, 1.82) is 0 Å². The molecule has 1 aliphatic rings. The molecule has 1 atom stereocenters. The minimum atomic E-state index is -0.471. The highest BCUT2D eigenvalue weighted by molar-refractivity contribution is 5.92. The average molecular weight is 314 g/mol. The summed E-state index contributed by atoms with van der Waals surface area (Å²) in [6, 6.07) is 9.75. The van der Waals surface area contributed by atoms with Crippen LogP contribution >= 0.6 is 0 Å². The number of nitrogens with zero attached hydrogens (tertiary/aromatic N) is 3.